The fourth-order valence-corrected chi connectivity index (χ4v) is 3.77. The Kier molecular flexibility index (Phi) is 10.8. The lowest BCUT2D eigenvalue weighted by Crippen LogP contribution is -2.36. The van der Waals surface area contributed by atoms with Crippen LogP contribution in [-0.4, -0.2) is 43.0 Å². The van der Waals surface area contributed by atoms with Crippen LogP contribution in [0.2, 0.25) is 10.0 Å². The van der Waals surface area contributed by atoms with E-state index in [4.69, 9.17) is 33.7 Å². The minimum Gasteiger partial charge on any atom is -0.483 e. The summed E-state index contributed by atoms with van der Waals surface area (Å²) >= 11 is 11.7. The lowest BCUT2D eigenvalue weighted by molar-refractivity contribution is -0.120. The van der Waals surface area contributed by atoms with E-state index in [0.717, 1.165) is 17.6 Å². The molecular weight excluding hydrogens is 449 g/mol. The number of likely N-dealkylation sites (tertiary alicyclic amines) is 1. The molecule has 1 aliphatic heterocycles. The van der Waals surface area contributed by atoms with E-state index in [1.807, 2.05) is 12.1 Å². The molecule has 0 spiro atoms. The third-order valence-electron chi connectivity index (χ3n) is 5.26. The Balaban J connectivity index is 0.000000228. The molecular formula is C24H31Cl2N3O3. The minimum atomic E-state index is -0.578. The molecule has 1 heterocycles. The largest absolute Gasteiger partial charge is 0.483 e. The minimum absolute atomic E-state index is 0.130. The van der Waals surface area contributed by atoms with Gasteiger partial charge in [-0.25, -0.2) is 0 Å². The van der Waals surface area contributed by atoms with Gasteiger partial charge in [0, 0.05) is 35.2 Å². The number of carbonyl (C=O) groups excluding carboxylic acids is 2. The SMILES string of the molecule is CNC(=O)Cc1cc(Cl)ccc1OCC(N)=O.C[C@@H]1CCCCN1Cc1ccc(Cl)cc1. The van der Waals surface area contributed by atoms with Gasteiger partial charge in [-0.1, -0.05) is 41.8 Å². The van der Waals surface area contributed by atoms with Crippen molar-refractivity contribution in [1.82, 2.24) is 10.2 Å². The lowest BCUT2D eigenvalue weighted by atomic mass is 10.0. The van der Waals surface area contributed by atoms with Gasteiger partial charge in [0.15, 0.2) is 6.61 Å². The zero-order valence-electron chi connectivity index (χ0n) is 18.6. The summed E-state index contributed by atoms with van der Waals surface area (Å²) in [5.41, 5.74) is 6.96. The highest BCUT2D eigenvalue weighted by molar-refractivity contribution is 6.30. The predicted octanol–water partition coefficient (Wildman–Crippen LogP) is 4.21. The van der Waals surface area contributed by atoms with Crippen molar-refractivity contribution in [2.24, 2.45) is 5.73 Å². The smallest absolute Gasteiger partial charge is 0.255 e. The molecule has 1 saturated heterocycles. The quantitative estimate of drug-likeness (QED) is 0.622. The maximum atomic E-state index is 11.3. The van der Waals surface area contributed by atoms with Gasteiger partial charge < -0.3 is 15.8 Å². The van der Waals surface area contributed by atoms with Crippen LogP contribution in [-0.2, 0) is 22.6 Å². The van der Waals surface area contributed by atoms with Gasteiger partial charge in [0.05, 0.1) is 6.42 Å². The Labute approximate surface area is 200 Å². The molecule has 6 nitrogen and oxygen atoms in total. The number of amides is 2. The molecule has 3 N–H and O–H groups in total. The third kappa shape index (κ3) is 9.07. The van der Waals surface area contributed by atoms with Crippen LogP contribution in [0.3, 0.4) is 0 Å². The van der Waals surface area contributed by atoms with Crippen LogP contribution in [0, 0.1) is 0 Å². The normalized spacial score (nSPS) is 15.9. The molecule has 3 rings (SSSR count). The van der Waals surface area contributed by atoms with Gasteiger partial charge in [-0.2, -0.15) is 0 Å². The first-order chi connectivity index (χ1) is 15.3. The van der Waals surface area contributed by atoms with Crippen molar-refractivity contribution < 1.29 is 14.3 Å². The van der Waals surface area contributed by atoms with Crippen LogP contribution in [0.5, 0.6) is 5.75 Å². The number of ether oxygens (including phenoxy) is 1. The van der Waals surface area contributed by atoms with E-state index >= 15 is 0 Å². The Morgan fingerprint density at radius 2 is 1.81 bits per heavy atom. The Morgan fingerprint density at radius 1 is 1.12 bits per heavy atom. The number of nitrogens with two attached hydrogens (primary N) is 1. The van der Waals surface area contributed by atoms with E-state index in [1.165, 1.54) is 38.4 Å². The maximum absolute atomic E-state index is 11.3. The third-order valence-corrected chi connectivity index (χ3v) is 5.75. The van der Waals surface area contributed by atoms with E-state index in [1.54, 1.807) is 18.2 Å². The number of hydrogen-bond acceptors (Lipinski definition) is 4. The monoisotopic (exact) mass is 479 g/mol. The number of primary amides is 1. The van der Waals surface area contributed by atoms with Gasteiger partial charge in [-0.3, -0.25) is 14.5 Å². The zero-order valence-corrected chi connectivity index (χ0v) is 20.1. The number of piperidine rings is 1. The van der Waals surface area contributed by atoms with Gasteiger partial charge in [0.2, 0.25) is 5.91 Å². The molecule has 0 aromatic heterocycles. The van der Waals surface area contributed by atoms with E-state index < -0.39 is 5.91 Å². The topological polar surface area (TPSA) is 84.7 Å². The molecule has 2 aromatic rings. The first-order valence-electron chi connectivity index (χ1n) is 10.7. The summed E-state index contributed by atoms with van der Waals surface area (Å²) in [7, 11) is 1.54. The fraction of sp³-hybridized carbons (Fsp3) is 0.417. The Bertz CT molecular complexity index is 891. The average Bonchev–Trinajstić information content (AvgIpc) is 2.76. The summed E-state index contributed by atoms with van der Waals surface area (Å²) in [4.78, 5) is 24.5. The van der Waals surface area contributed by atoms with Crippen LogP contribution < -0.4 is 15.8 Å². The van der Waals surface area contributed by atoms with Crippen molar-refractivity contribution in [3.8, 4) is 5.75 Å². The van der Waals surface area contributed by atoms with Gasteiger partial charge in [-0.05, 0) is 62.2 Å². The molecule has 1 atom stereocenters. The highest BCUT2D eigenvalue weighted by Crippen LogP contribution is 2.23. The number of benzene rings is 2. The zero-order chi connectivity index (χ0) is 23.5. The van der Waals surface area contributed by atoms with Gasteiger partial charge in [0.25, 0.3) is 5.91 Å². The number of nitrogens with one attached hydrogen (secondary N) is 1. The van der Waals surface area contributed by atoms with Crippen molar-refractivity contribution in [3.05, 3.63) is 63.6 Å². The summed E-state index contributed by atoms with van der Waals surface area (Å²) < 4.78 is 5.19. The van der Waals surface area contributed by atoms with Crippen molar-refractivity contribution in [2.75, 3.05) is 20.2 Å². The first-order valence-corrected chi connectivity index (χ1v) is 11.4. The van der Waals surface area contributed by atoms with E-state index in [0.29, 0.717) is 16.3 Å². The molecule has 174 valence electrons. The summed E-state index contributed by atoms with van der Waals surface area (Å²) in [6, 6.07) is 13.8. The second-order valence-corrected chi connectivity index (χ2v) is 8.67. The molecule has 2 amide bonds. The maximum Gasteiger partial charge on any atom is 0.255 e. The average molecular weight is 480 g/mol. The molecule has 0 aliphatic carbocycles. The number of rotatable bonds is 7. The molecule has 2 aromatic carbocycles. The molecule has 0 bridgehead atoms. The van der Waals surface area contributed by atoms with E-state index in [9.17, 15) is 9.59 Å². The number of halogens is 2. The highest BCUT2D eigenvalue weighted by atomic mass is 35.5. The number of likely N-dealkylation sites (N-methyl/N-ethyl adjacent to an activating group) is 1. The van der Waals surface area contributed by atoms with Crippen LogP contribution in [0.4, 0.5) is 0 Å². The Morgan fingerprint density at radius 3 is 2.44 bits per heavy atom. The van der Waals surface area contributed by atoms with Crippen molar-refractivity contribution >= 4 is 35.0 Å². The van der Waals surface area contributed by atoms with Crippen LogP contribution in [0.25, 0.3) is 0 Å². The van der Waals surface area contributed by atoms with E-state index in [-0.39, 0.29) is 18.9 Å². The molecule has 0 radical (unpaired) electrons. The van der Waals surface area contributed by atoms with Crippen molar-refractivity contribution in [2.45, 2.75) is 45.2 Å². The molecule has 32 heavy (non-hydrogen) atoms. The summed E-state index contributed by atoms with van der Waals surface area (Å²) in [6.07, 6.45) is 4.20. The molecule has 0 unspecified atom stereocenters. The second kappa shape index (κ2) is 13.3. The fourth-order valence-electron chi connectivity index (χ4n) is 3.45. The summed E-state index contributed by atoms with van der Waals surface area (Å²) in [5.74, 6) is -0.321. The summed E-state index contributed by atoms with van der Waals surface area (Å²) in [5, 5.41) is 3.82. The summed E-state index contributed by atoms with van der Waals surface area (Å²) in [6.45, 7) is 4.40. The standard InChI is InChI=1S/C13H18ClN.C11H13ClN2O3/c1-11-4-2-3-9-15(11)10-12-5-7-13(14)8-6-12;1-14-11(16)5-7-4-8(12)2-3-9(7)17-6-10(13)15/h5-8,11H,2-4,9-10H2,1H3;2-4H,5-6H2,1H3,(H2,13,15)(H,14,16)/t11-;/m1./s1. The van der Waals surface area contributed by atoms with E-state index in [2.05, 4.69) is 29.3 Å². The van der Waals surface area contributed by atoms with Gasteiger partial charge in [0.1, 0.15) is 5.75 Å². The second-order valence-electron chi connectivity index (χ2n) is 7.80. The van der Waals surface area contributed by atoms with Crippen LogP contribution >= 0.6 is 23.2 Å². The van der Waals surface area contributed by atoms with Crippen LogP contribution in [0.1, 0.15) is 37.3 Å². The number of nitrogens with zero attached hydrogens (tertiary/aromatic N) is 1. The number of carbonyl (C=O) groups is 2. The molecule has 0 saturated carbocycles. The van der Waals surface area contributed by atoms with Crippen molar-refractivity contribution in [3.63, 3.8) is 0 Å². The molecule has 8 heteroatoms. The van der Waals surface area contributed by atoms with Gasteiger partial charge in [-0.15, -0.1) is 0 Å². The number of hydrogen-bond donors (Lipinski definition) is 2. The molecule has 1 fully saturated rings. The van der Waals surface area contributed by atoms with Gasteiger partial charge >= 0.3 is 0 Å². The van der Waals surface area contributed by atoms with Crippen LogP contribution in [0.15, 0.2) is 42.5 Å². The Hall–Kier alpha value is -2.28. The predicted molar refractivity (Wildman–Crippen MR) is 129 cm³/mol. The molecule has 1 aliphatic rings. The first kappa shape index (κ1) is 26.0. The lowest BCUT2D eigenvalue weighted by Gasteiger charge is -2.33. The van der Waals surface area contributed by atoms with Crippen molar-refractivity contribution in [1.29, 1.82) is 0 Å². The highest BCUT2D eigenvalue weighted by Gasteiger charge is 2.17.